The van der Waals surface area contributed by atoms with Gasteiger partial charge in [0.1, 0.15) is 6.04 Å². The van der Waals surface area contributed by atoms with E-state index >= 15 is 0 Å². The summed E-state index contributed by atoms with van der Waals surface area (Å²) in [5.41, 5.74) is 1.61. The summed E-state index contributed by atoms with van der Waals surface area (Å²) in [6.07, 6.45) is 0.456. The van der Waals surface area contributed by atoms with Crippen molar-refractivity contribution in [3.8, 4) is 0 Å². The molecule has 1 saturated heterocycles. The number of benzene rings is 2. The maximum absolute atomic E-state index is 12.6. The Bertz CT molecular complexity index is 669. The first-order chi connectivity index (χ1) is 10.7. The van der Waals surface area contributed by atoms with Crippen molar-refractivity contribution in [3.05, 3.63) is 71.8 Å². The summed E-state index contributed by atoms with van der Waals surface area (Å²) in [6.45, 7) is 0.439. The average Bonchev–Trinajstić information content (AvgIpc) is 3.01. The number of carbonyl (C=O) groups is 2. The highest BCUT2D eigenvalue weighted by Gasteiger charge is 2.40. The highest BCUT2D eigenvalue weighted by atomic mass is 16.4. The minimum absolute atomic E-state index is 0.0648. The van der Waals surface area contributed by atoms with Gasteiger partial charge < -0.3 is 10.0 Å². The lowest BCUT2D eigenvalue weighted by Crippen LogP contribution is -2.40. The van der Waals surface area contributed by atoms with E-state index in [9.17, 15) is 14.7 Å². The van der Waals surface area contributed by atoms with Crippen LogP contribution in [0, 0.1) is 0 Å². The second-order valence-electron chi connectivity index (χ2n) is 5.52. The number of hydrogen-bond acceptors (Lipinski definition) is 2. The first-order valence-electron chi connectivity index (χ1n) is 7.30. The molecule has 0 saturated carbocycles. The van der Waals surface area contributed by atoms with E-state index in [2.05, 4.69) is 0 Å². The van der Waals surface area contributed by atoms with Crippen molar-refractivity contribution >= 4 is 11.9 Å². The molecular formula is C18H17NO3. The molecule has 1 amide bonds. The number of aliphatic carboxylic acids is 1. The first kappa shape index (κ1) is 14.3. The molecule has 0 aliphatic carbocycles. The lowest BCUT2D eigenvalue weighted by molar-refractivity contribution is -0.141. The highest BCUT2D eigenvalue weighted by Crippen LogP contribution is 2.32. The summed E-state index contributed by atoms with van der Waals surface area (Å²) in [5, 5.41) is 9.45. The Morgan fingerprint density at radius 2 is 1.55 bits per heavy atom. The zero-order chi connectivity index (χ0) is 15.5. The predicted octanol–water partition coefficient (Wildman–Crippen LogP) is 2.77. The zero-order valence-corrected chi connectivity index (χ0v) is 12.1. The standard InChI is InChI=1S/C18H17NO3/c20-17(14-9-5-2-6-10-14)19-12-15(11-16(19)18(21)22)13-7-3-1-4-8-13/h1-10,15-16H,11-12H2,(H,21,22)/t15-,16-/m0/s1. The molecule has 1 heterocycles. The molecule has 22 heavy (non-hydrogen) atoms. The van der Waals surface area contributed by atoms with Crippen molar-refractivity contribution in [3.63, 3.8) is 0 Å². The summed E-state index contributed by atoms with van der Waals surface area (Å²) < 4.78 is 0. The monoisotopic (exact) mass is 295 g/mol. The molecule has 1 fully saturated rings. The van der Waals surface area contributed by atoms with Gasteiger partial charge in [-0.05, 0) is 24.1 Å². The lowest BCUT2D eigenvalue weighted by Gasteiger charge is -2.21. The Labute approximate surface area is 129 Å². The van der Waals surface area contributed by atoms with Gasteiger partial charge in [0, 0.05) is 18.0 Å². The summed E-state index contributed by atoms with van der Waals surface area (Å²) in [4.78, 5) is 25.6. The Balaban J connectivity index is 1.86. The molecule has 4 heteroatoms. The molecule has 3 rings (SSSR count). The van der Waals surface area contributed by atoms with Crippen LogP contribution in [0.4, 0.5) is 0 Å². The van der Waals surface area contributed by atoms with E-state index in [-0.39, 0.29) is 11.8 Å². The van der Waals surface area contributed by atoms with Gasteiger partial charge >= 0.3 is 5.97 Å². The van der Waals surface area contributed by atoms with Crippen molar-refractivity contribution in [1.82, 2.24) is 4.90 Å². The van der Waals surface area contributed by atoms with Gasteiger partial charge in [-0.1, -0.05) is 48.5 Å². The zero-order valence-electron chi connectivity index (χ0n) is 12.1. The number of hydrogen-bond donors (Lipinski definition) is 1. The topological polar surface area (TPSA) is 57.6 Å². The predicted molar refractivity (Wildman–Crippen MR) is 82.7 cm³/mol. The summed E-state index contributed by atoms with van der Waals surface area (Å²) in [7, 11) is 0. The number of nitrogens with zero attached hydrogens (tertiary/aromatic N) is 1. The van der Waals surface area contributed by atoms with Crippen LogP contribution in [0.25, 0.3) is 0 Å². The third-order valence-electron chi connectivity index (χ3n) is 4.14. The van der Waals surface area contributed by atoms with Gasteiger partial charge in [-0.2, -0.15) is 0 Å². The molecule has 2 atom stereocenters. The van der Waals surface area contributed by atoms with Crippen LogP contribution in [0.3, 0.4) is 0 Å². The fourth-order valence-electron chi connectivity index (χ4n) is 3.01. The molecular weight excluding hydrogens is 278 g/mol. The van der Waals surface area contributed by atoms with Crippen LogP contribution in [0.15, 0.2) is 60.7 Å². The van der Waals surface area contributed by atoms with E-state index in [0.29, 0.717) is 18.5 Å². The number of rotatable bonds is 3. The quantitative estimate of drug-likeness (QED) is 0.947. The molecule has 1 aliphatic heterocycles. The maximum Gasteiger partial charge on any atom is 0.326 e. The third kappa shape index (κ3) is 2.72. The smallest absolute Gasteiger partial charge is 0.326 e. The molecule has 2 aromatic rings. The number of carbonyl (C=O) groups excluding carboxylic acids is 1. The molecule has 0 aromatic heterocycles. The Kier molecular flexibility index (Phi) is 3.92. The molecule has 0 radical (unpaired) electrons. The van der Waals surface area contributed by atoms with E-state index in [0.717, 1.165) is 5.56 Å². The van der Waals surface area contributed by atoms with Gasteiger partial charge in [0.2, 0.25) is 0 Å². The second kappa shape index (κ2) is 6.02. The minimum Gasteiger partial charge on any atom is -0.480 e. The number of carboxylic acids is 1. The largest absolute Gasteiger partial charge is 0.480 e. The van der Waals surface area contributed by atoms with Crippen LogP contribution in [0.1, 0.15) is 28.3 Å². The van der Waals surface area contributed by atoms with Crippen molar-refractivity contribution in [2.45, 2.75) is 18.4 Å². The van der Waals surface area contributed by atoms with Crippen LogP contribution in [0.2, 0.25) is 0 Å². The molecule has 0 spiro atoms. The van der Waals surface area contributed by atoms with E-state index in [1.807, 2.05) is 36.4 Å². The van der Waals surface area contributed by atoms with Crippen LogP contribution in [0.5, 0.6) is 0 Å². The van der Waals surface area contributed by atoms with E-state index in [1.54, 1.807) is 24.3 Å². The molecule has 2 aromatic carbocycles. The van der Waals surface area contributed by atoms with Gasteiger partial charge in [0.05, 0.1) is 0 Å². The maximum atomic E-state index is 12.6. The summed E-state index contributed by atoms with van der Waals surface area (Å²) >= 11 is 0. The number of carboxylic acid groups (broad SMARTS) is 1. The van der Waals surface area contributed by atoms with Gasteiger partial charge in [-0.3, -0.25) is 4.79 Å². The minimum atomic E-state index is -0.942. The molecule has 4 nitrogen and oxygen atoms in total. The van der Waals surface area contributed by atoms with Crippen LogP contribution >= 0.6 is 0 Å². The second-order valence-corrected chi connectivity index (χ2v) is 5.52. The van der Waals surface area contributed by atoms with Crippen molar-refractivity contribution in [1.29, 1.82) is 0 Å². The molecule has 0 bridgehead atoms. The Morgan fingerprint density at radius 1 is 0.955 bits per heavy atom. The third-order valence-corrected chi connectivity index (χ3v) is 4.14. The first-order valence-corrected chi connectivity index (χ1v) is 7.30. The number of likely N-dealkylation sites (tertiary alicyclic amines) is 1. The fraction of sp³-hybridized carbons (Fsp3) is 0.222. The van der Waals surface area contributed by atoms with Gasteiger partial charge in [0.15, 0.2) is 0 Å². The van der Waals surface area contributed by atoms with Gasteiger partial charge in [0.25, 0.3) is 5.91 Å². The Morgan fingerprint density at radius 3 is 2.14 bits per heavy atom. The molecule has 1 aliphatic rings. The Hall–Kier alpha value is -2.62. The highest BCUT2D eigenvalue weighted by molar-refractivity contribution is 5.97. The van der Waals surface area contributed by atoms with Crippen molar-refractivity contribution < 1.29 is 14.7 Å². The molecule has 112 valence electrons. The van der Waals surface area contributed by atoms with Crippen molar-refractivity contribution in [2.24, 2.45) is 0 Å². The lowest BCUT2D eigenvalue weighted by atomic mass is 9.96. The van der Waals surface area contributed by atoms with Gasteiger partial charge in [-0.25, -0.2) is 4.79 Å². The van der Waals surface area contributed by atoms with E-state index in [1.165, 1.54) is 4.90 Å². The number of amides is 1. The summed E-state index contributed by atoms with van der Waals surface area (Å²) in [5.74, 6) is -1.09. The molecule has 1 N–H and O–H groups in total. The van der Waals surface area contributed by atoms with E-state index in [4.69, 9.17) is 0 Å². The fourth-order valence-corrected chi connectivity index (χ4v) is 3.01. The average molecular weight is 295 g/mol. The van der Waals surface area contributed by atoms with E-state index < -0.39 is 12.0 Å². The van der Waals surface area contributed by atoms with Crippen LogP contribution < -0.4 is 0 Å². The van der Waals surface area contributed by atoms with Crippen LogP contribution in [-0.2, 0) is 4.79 Å². The summed E-state index contributed by atoms with van der Waals surface area (Å²) in [6, 6.07) is 17.9. The molecule has 0 unspecified atom stereocenters. The van der Waals surface area contributed by atoms with Crippen LogP contribution in [-0.4, -0.2) is 34.5 Å². The van der Waals surface area contributed by atoms with Gasteiger partial charge in [-0.15, -0.1) is 0 Å². The van der Waals surface area contributed by atoms with Crippen molar-refractivity contribution in [2.75, 3.05) is 6.54 Å². The normalized spacial score (nSPS) is 20.8. The SMILES string of the molecule is O=C(O)[C@@H]1C[C@H](c2ccccc2)CN1C(=O)c1ccccc1.